The van der Waals surface area contributed by atoms with E-state index in [2.05, 4.69) is 27.2 Å². The summed E-state index contributed by atoms with van der Waals surface area (Å²) in [6.07, 6.45) is 1.24. The summed E-state index contributed by atoms with van der Waals surface area (Å²) in [5, 5.41) is 3.02. The lowest BCUT2D eigenvalue weighted by Crippen LogP contribution is -2.35. The Bertz CT molecular complexity index is 247. The van der Waals surface area contributed by atoms with Crippen LogP contribution in [0.2, 0.25) is 0 Å². The minimum atomic E-state index is 0.513. The quantitative estimate of drug-likeness (QED) is 0.369. The Labute approximate surface area is 110 Å². The second-order valence-corrected chi connectivity index (χ2v) is 4.69. The summed E-state index contributed by atoms with van der Waals surface area (Å²) in [5.74, 6) is 0.513. The number of hydrogen-bond donors (Lipinski definition) is 2. The maximum absolute atomic E-state index is 5.74. The van der Waals surface area contributed by atoms with Crippen LogP contribution in [0.4, 0.5) is 0 Å². The van der Waals surface area contributed by atoms with E-state index in [1.165, 1.54) is 13.0 Å². The smallest absolute Gasteiger partial charge is 0.188 e. The Hall–Kier alpha value is -0.850. The maximum Gasteiger partial charge on any atom is 0.188 e. The van der Waals surface area contributed by atoms with Gasteiger partial charge in [0.15, 0.2) is 5.96 Å². The van der Waals surface area contributed by atoms with E-state index in [0.29, 0.717) is 19.1 Å². The number of nitrogens with two attached hydrogens (primary N) is 1. The van der Waals surface area contributed by atoms with Crippen molar-refractivity contribution < 1.29 is 4.74 Å². The Morgan fingerprint density at radius 3 is 2.94 bits per heavy atom. The fourth-order valence-corrected chi connectivity index (χ4v) is 1.97. The first-order chi connectivity index (χ1) is 8.72. The molecule has 0 aromatic carbocycles. The molecule has 0 radical (unpaired) electrons. The molecule has 1 rings (SSSR count). The average Bonchev–Trinajstić information content (AvgIpc) is 2.55. The van der Waals surface area contributed by atoms with Gasteiger partial charge >= 0.3 is 0 Å². The molecule has 1 heterocycles. The molecule has 18 heavy (non-hydrogen) atoms. The van der Waals surface area contributed by atoms with Crippen LogP contribution < -0.4 is 11.1 Å². The van der Waals surface area contributed by atoms with Crippen molar-refractivity contribution in [1.29, 1.82) is 0 Å². The minimum absolute atomic E-state index is 0.513. The highest BCUT2D eigenvalue weighted by molar-refractivity contribution is 5.77. The molecule has 1 fully saturated rings. The van der Waals surface area contributed by atoms with Crippen LogP contribution >= 0.6 is 0 Å². The van der Waals surface area contributed by atoms with Gasteiger partial charge in [-0.05, 0) is 26.6 Å². The van der Waals surface area contributed by atoms with Crippen LogP contribution in [0.15, 0.2) is 4.99 Å². The summed E-state index contributed by atoms with van der Waals surface area (Å²) in [6.45, 7) is 7.73. The van der Waals surface area contributed by atoms with Gasteiger partial charge in [-0.15, -0.1) is 0 Å². The molecule has 6 nitrogen and oxygen atoms in total. The van der Waals surface area contributed by atoms with Gasteiger partial charge in [0.2, 0.25) is 0 Å². The number of likely N-dealkylation sites (N-methyl/N-ethyl adjacent to an activating group) is 1. The van der Waals surface area contributed by atoms with Crippen molar-refractivity contribution in [3.8, 4) is 0 Å². The van der Waals surface area contributed by atoms with Crippen molar-refractivity contribution in [3.63, 3.8) is 0 Å². The highest BCUT2D eigenvalue weighted by Gasteiger charge is 2.10. The molecule has 0 aromatic heterocycles. The lowest BCUT2D eigenvalue weighted by Gasteiger charge is -2.18. The first-order valence-electron chi connectivity index (χ1n) is 6.66. The SMILES string of the molecule is COCCNC(N)=NCCN1CCCN(C)CC1. The topological polar surface area (TPSA) is 66.1 Å². The van der Waals surface area contributed by atoms with Crippen molar-refractivity contribution in [2.75, 3.05) is 66.6 Å². The third-order valence-electron chi connectivity index (χ3n) is 3.12. The van der Waals surface area contributed by atoms with Crippen molar-refractivity contribution in [2.45, 2.75) is 6.42 Å². The van der Waals surface area contributed by atoms with Crippen LogP contribution in [0.1, 0.15) is 6.42 Å². The van der Waals surface area contributed by atoms with E-state index in [1.54, 1.807) is 7.11 Å². The largest absolute Gasteiger partial charge is 0.383 e. The fraction of sp³-hybridized carbons (Fsp3) is 0.917. The molecular weight excluding hydrogens is 230 g/mol. The van der Waals surface area contributed by atoms with Gasteiger partial charge in [0, 0.05) is 33.3 Å². The number of rotatable bonds is 6. The number of nitrogens with one attached hydrogen (secondary N) is 1. The third-order valence-corrected chi connectivity index (χ3v) is 3.12. The Morgan fingerprint density at radius 2 is 2.17 bits per heavy atom. The molecular formula is C12H27N5O. The highest BCUT2D eigenvalue weighted by Crippen LogP contribution is 2.00. The van der Waals surface area contributed by atoms with Gasteiger partial charge in [0.05, 0.1) is 13.2 Å². The summed E-state index contributed by atoms with van der Waals surface area (Å²) < 4.78 is 4.93. The number of nitrogens with zero attached hydrogens (tertiary/aromatic N) is 3. The predicted molar refractivity (Wildman–Crippen MR) is 74.9 cm³/mol. The Kier molecular flexibility index (Phi) is 7.71. The van der Waals surface area contributed by atoms with E-state index in [1.807, 2.05) is 0 Å². The zero-order valence-electron chi connectivity index (χ0n) is 11.7. The van der Waals surface area contributed by atoms with Gasteiger partial charge < -0.3 is 25.6 Å². The molecule has 0 aromatic rings. The Balaban J connectivity index is 2.13. The van der Waals surface area contributed by atoms with Crippen molar-refractivity contribution in [2.24, 2.45) is 10.7 Å². The number of hydrogen-bond acceptors (Lipinski definition) is 4. The molecule has 0 bridgehead atoms. The van der Waals surface area contributed by atoms with E-state index in [-0.39, 0.29) is 0 Å². The molecule has 1 aliphatic rings. The molecule has 6 heteroatoms. The summed E-state index contributed by atoms with van der Waals surface area (Å²) in [7, 11) is 3.85. The summed E-state index contributed by atoms with van der Waals surface area (Å²) in [4.78, 5) is 9.14. The molecule has 0 amide bonds. The number of methoxy groups -OCH3 is 1. The minimum Gasteiger partial charge on any atom is -0.383 e. The first-order valence-corrected chi connectivity index (χ1v) is 6.66. The van der Waals surface area contributed by atoms with E-state index in [9.17, 15) is 0 Å². The van der Waals surface area contributed by atoms with Crippen LogP contribution in [0.3, 0.4) is 0 Å². The van der Waals surface area contributed by atoms with Crippen LogP contribution in [0, 0.1) is 0 Å². The van der Waals surface area contributed by atoms with E-state index in [4.69, 9.17) is 10.5 Å². The lowest BCUT2D eigenvalue weighted by molar-refractivity contribution is 0.204. The van der Waals surface area contributed by atoms with Gasteiger partial charge in [-0.1, -0.05) is 0 Å². The van der Waals surface area contributed by atoms with Crippen LogP contribution in [0.5, 0.6) is 0 Å². The zero-order chi connectivity index (χ0) is 13.2. The average molecular weight is 257 g/mol. The standard InChI is InChI=1S/C12H27N5O/c1-16-6-3-7-17(10-9-16)8-4-14-12(13)15-5-11-18-2/h3-11H2,1-2H3,(H3,13,14,15). The zero-order valence-corrected chi connectivity index (χ0v) is 11.7. The van der Waals surface area contributed by atoms with Crippen LogP contribution in [0.25, 0.3) is 0 Å². The number of guanidine groups is 1. The maximum atomic E-state index is 5.74. The Morgan fingerprint density at radius 1 is 1.33 bits per heavy atom. The second-order valence-electron chi connectivity index (χ2n) is 4.69. The van der Waals surface area contributed by atoms with Crippen LogP contribution in [-0.2, 0) is 4.74 Å². The van der Waals surface area contributed by atoms with Crippen molar-refractivity contribution in [3.05, 3.63) is 0 Å². The molecule has 0 saturated carbocycles. The number of ether oxygens (including phenoxy) is 1. The van der Waals surface area contributed by atoms with Gasteiger partial charge in [-0.25, -0.2) is 0 Å². The first kappa shape index (κ1) is 15.2. The van der Waals surface area contributed by atoms with Crippen LogP contribution in [-0.4, -0.2) is 82.3 Å². The van der Waals surface area contributed by atoms with Crippen molar-refractivity contribution in [1.82, 2.24) is 15.1 Å². The summed E-state index contributed by atoms with van der Waals surface area (Å²) in [6, 6.07) is 0. The van der Waals surface area contributed by atoms with Crippen molar-refractivity contribution >= 4 is 5.96 Å². The monoisotopic (exact) mass is 257 g/mol. The van der Waals surface area contributed by atoms with Gasteiger partial charge in [-0.3, -0.25) is 4.99 Å². The van der Waals surface area contributed by atoms with E-state index in [0.717, 1.165) is 32.7 Å². The molecule has 3 N–H and O–H groups in total. The fourth-order valence-electron chi connectivity index (χ4n) is 1.97. The van der Waals surface area contributed by atoms with Gasteiger partial charge in [0.1, 0.15) is 0 Å². The summed E-state index contributed by atoms with van der Waals surface area (Å²) in [5.41, 5.74) is 5.74. The second kappa shape index (κ2) is 9.13. The molecule has 1 saturated heterocycles. The predicted octanol–water partition coefficient (Wildman–Crippen LogP) is -0.825. The molecule has 0 aliphatic carbocycles. The van der Waals surface area contributed by atoms with E-state index < -0.39 is 0 Å². The van der Waals surface area contributed by atoms with E-state index >= 15 is 0 Å². The van der Waals surface area contributed by atoms with Gasteiger partial charge in [-0.2, -0.15) is 0 Å². The summed E-state index contributed by atoms with van der Waals surface area (Å²) >= 11 is 0. The highest BCUT2D eigenvalue weighted by atomic mass is 16.5. The molecule has 106 valence electrons. The molecule has 0 atom stereocenters. The lowest BCUT2D eigenvalue weighted by atomic mass is 10.4. The molecule has 0 unspecified atom stereocenters. The number of aliphatic imine (C=N–C) groups is 1. The van der Waals surface area contributed by atoms with Gasteiger partial charge in [0.25, 0.3) is 0 Å². The normalized spacial score (nSPS) is 19.8. The molecule has 0 spiro atoms. The third kappa shape index (κ3) is 6.78. The molecule has 1 aliphatic heterocycles.